The molecule has 1 aliphatic heterocycles. The number of hydrogen-bond donors (Lipinski definition) is 1. The summed E-state index contributed by atoms with van der Waals surface area (Å²) < 4.78 is 13.8. The molecular formula is C12H17ClFN3S. The van der Waals surface area contributed by atoms with Crippen LogP contribution in [0.15, 0.2) is 22.4 Å². The molecule has 2 heterocycles. The quantitative estimate of drug-likeness (QED) is 0.860. The van der Waals surface area contributed by atoms with Gasteiger partial charge < -0.3 is 10.2 Å². The van der Waals surface area contributed by atoms with E-state index in [1.165, 1.54) is 11.8 Å². The number of aliphatic imine (C=N–C) groups is 1. The van der Waals surface area contributed by atoms with Gasteiger partial charge in [-0.1, -0.05) is 0 Å². The Labute approximate surface area is 117 Å². The molecule has 1 aromatic heterocycles. The number of halogens is 2. The maximum absolute atomic E-state index is 13.8. The number of guanidine groups is 1. The van der Waals surface area contributed by atoms with Crippen LogP contribution in [0, 0.1) is 13.8 Å². The third-order valence-electron chi connectivity index (χ3n) is 2.85. The van der Waals surface area contributed by atoms with Gasteiger partial charge in [0.1, 0.15) is 11.9 Å². The normalized spacial score (nSPS) is 18.4. The third-order valence-corrected chi connectivity index (χ3v) is 4.10. The molecule has 6 heteroatoms. The van der Waals surface area contributed by atoms with E-state index in [9.17, 15) is 4.39 Å². The highest BCUT2D eigenvalue weighted by molar-refractivity contribution is 7.10. The third kappa shape index (κ3) is 2.67. The Bertz CT molecular complexity index is 494. The van der Waals surface area contributed by atoms with Crippen LogP contribution in [0.4, 0.5) is 4.39 Å². The van der Waals surface area contributed by atoms with E-state index >= 15 is 0 Å². The summed E-state index contributed by atoms with van der Waals surface area (Å²) in [7, 11) is 3.76. The average Bonchev–Trinajstić information content (AvgIpc) is 2.60. The van der Waals surface area contributed by atoms with E-state index in [2.05, 4.69) is 10.3 Å². The van der Waals surface area contributed by atoms with Crippen LogP contribution in [-0.2, 0) is 0 Å². The average molecular weight is 290 g/mol. The first-order chi connectivity index (χ1) is 8.00. The van der Waals surface area contributed by atoms with Gasteiger partial charge in [0, 0.05) is 25.2 Å². The lowest BCUT2D eigenvalue weighted by Gasteiger charge is -2.23. The zero-order valence-electron chi connectivity index (χ0n) is 10.8. The molecular weight excluding hydrogens is 273 g/mol. The summed E-state index contributed by atoms with van der Waals surface area (Å²) in [6, 6.07) is -0.493. The Morgan fingerprint density at radius 1 is 1.39 bits per heavy atom. The van der Waals surface area contributed by atoms with Crippen molar-refractivity contribution in [1.82, 2.24) is 10.2 Å². The van der Waals surface area contributed by atoms with Crippen LogP contribution in [0.25, 0.3) is 0 Å². The van der Waals surface area contributed by atoms with Gasteiger partial charge in [-0.25, -0.2) is 9.38 Å². The van der Waals surface area contributed by atoms with Crippen molar-refractivity contribution in [2.75, 3.05) is 14.1 Å². The monoisotopic (exact) mass is 289 g/mol. The minimum Gasteiger partial charge on any atom is -0.349 e. The second-order valence-electron chi connectivity index (χ2n) is 4.33. The van der Waals surface area contributed by atoms with Crippen LogP contribution in [0.3, 0.4) is 0 Å². The molecule has 2 rings (SSSR count). The van der Waals surface area contributed by atoms with Crippen molar-refractivity contribution in [3.8, 4) is 0 Å². The van der Waals surface area contributed by atoms with Crippen molar-refractivity contribution in [3.63, 3.8) is 0 Å². The number of hydrogen-bond acceptors (Lipinski definition) is 4. The van der Waals surface area contributed by atoms with E-state index in [1.807, 2.05) is 38.2 Å². The Morgan fingerprint density at radius 3 is 2.56 bits per heavy atom. The van der Waals surface area contributed by atoms with Gasteiger partial charge in [-0.15, -0.1) is 23.7 Å². The number of thiophene rings is 1. The van der Waals surface area contributed by atoms with Gasteiger partial charge >= 0.3 is 0 Å². The minimum absolute atomic E-state index is 0. The molecule has 0 saturated carbocycles. The topological polar surface area (TPSA) is 27.6 Å². The van der Waals surface area contributed by atoms with Crippen molar-refractivity contribution >= 4 is 29.7 Å². The summed E-state index contributed by atoms with van der Waals surface area (Å²) in [5, 5.41) is 4.88. The summed E-state index contributed by atoms with van der Waals surface area (Å²) in [5.41, 5.74) is 2.32. The van der Waals surface area contributed by atoms with Gasteiger partial charge in [-0.2, -0.15) is 0 Å². The second kappa shape index (κ2) is 5.71. The molecule has 1 aromatic rings. The molecule has 0 amide bonds. The number of aryl methyl sites for hydroxylation is 1. The van der Waals surface area contributed by atoms with E-state index in [0.29, 0.717) is 5.96 Å². The molecule has 100 valence electrons. The highest BCUT2D eigenvalue weighted by Gasteiger charge is 2.24. The van der Waals surface area contributed by atoms with Gasteiger partial charge in [0.05, 0.1) is 0 Å². The molecule has 3 nitrogen and oxygen atoms in total. The van der Waals surface area contributed by atoms with Crippen LogP contribution in [0.1, 0.15) is 22.0 Å². The fourth-order valence-electron chi connectivity index (χ4n) is 1.65. The SMILES string of the molecule is Cc1csc(C2N=C(N(C)C)NC=C2F)c1C.Cl. The van der Waals surface area contributed by atoms with Crippen molar-refractivity contribution in [1.29, 1.82) is 0 Å². The minimum atomic E-state index is -0.493. The largest absolute Gasteiger partial charge is 0.349 e. The van der Waals surface area contributed by atoms with Crippen molar-refractivity contribution in [3.05, 3.63) is 33.4 Å². The van der Waals surface area contributed by atoms with Crippen LogP contribution in [0.2, 0.25) is 0 Å². The lowest BCUT2D eigenvalue weighted by molar-refractivity contribution is 0.516. The van der Waals surface area contributed by atoms with E-state index in [1.54, 1.807) is 11.3 Å². The van der Waals surface area contributed by atoms with Crippen molar-refractivity contribution in [2.24, 2.45) is 4.99 Å². The second-order valence-corrected chi connectivity index (χ2v) is 5.24. The Balaban J connectivity index is 0.00000162. The molecule has 0 aliphatic carbocycles. The maximum Gasteiger partial charge on any atom is 0.198 e. The fourth-order valence-corrected chi connectivity index (χ4v) is 2.77. The summed E-state index contributed by atoms with van der Waals surface area (Å²) >= 11 is 1.57. The standard InChI is InChI=1S/C12H16FN3S.ClH/c1-7-6-17-11(8(7)2)10-9(13)5-14-12(15-10)16(3)4;/h5-6,10H,1-4H3,(H,14,15);1H. The predicted octanol–water partition coefficient (Wildman–Crippen LogP) is 3.16. The Hall–Kier alpha value is -1.07. The van der Waals surface area contributed by atoms with E-state index in [-0.39, 0.29) is 18.2 Å². The molecule has 1 atom stereocenters. The number of rotatable bonds is 1. The highest BCUT2D eigenvalue weighted by atomic mass is 35.5. The molecule has 1 unspecified atom stereocenters. The van der Waals surface area contributed by atoms with Crippen molar-refractivity contribution < 1.29 is 4.39 Å². The molecule has 0 bridgehead atoms. The maximum atomic E-state index is 13.8. The van der Waals surface area contributed by atoms with Crippen LogP contribution in [0.5, 0.6) is 0 Å². The number of nitrogens with zero attached hydrogens (tertiary/aromatic N) is 2. The molecule has 0 radical (unpaired) electrons. The first-order valence-electron chi connectivity index (χ1n) is 5.42. The molecule has 1 N–H and O–H groups in total. The van der Waals surface area contributed by atoms with E-state index in [4.69, 9.17) is 0 Å². The summed E-state index contributed by atoms with van der Waals surface area (Å²) in [6.45, 7) is 4.05. The highest BCUT2D eigenvalue weighted by Crippen LogP contribution is 2.36. The molecule has 0 spiro atoms. The van der Waals surface area contributed by atoms with Gasteiger partial charge in [0.15, 0.2) is 5.96 Å². The summed E-state index contributed by atoms with van der Waals surface area (Å²) in [4.78, 5) is 7.23. The molecule has 0 saturated heterocycles. The summed E-state index contributed by atoms with van der Waals surface area (Å²) in [5.74, 6) is 0.447. The van der Waals surface area contributed by atoms with Crippen molar-refractivity contribution in [2.45, 2.75) is 19.9 Å². The molecule has 1 aliphatic rings. The van der Waals surface area contributed by atoms with Gasteiger partial charge in [-0.3, -0.25) is 0 Å². The lowest BCUT2D eigenvalue weighted by atomic mass is 10.1. The Morgan fingerprint density at radius 2 is 2.06 bits per heavy atom. The van der Waals surface area contributed by atoms with Gasteiger partial charge in [-0.05, 0) is 30.4 Å². The first kappa shape index (κ1) is 15.0. The summed E-state index contributed by atoms with van der Waals surface area (Å²) in [6.07, 6.45) is 1.39. The molecule has 0 fully saturated rings. The molecule has 18 heavy (non-hydrogen) atoms. The number of nitrogens with one attached hydrogen (secondary N) is 1. The van der Waals surface area contributed by atoms with Gasteiger partial charge in [0.25, 0.3) is 0 Å². The zero-order chi connectivity index (χ0) is 12.6. The predicted molar refractivity (Wildman–Crippen MR) is 77.2 cm³/mol. The zero-order valence-corrected chi connectivity index (χ0v) is 12.5. The van der Waals surface area contributed by atoms with Crippen LogP contribution in [-0.4, -0.2) is 25.0 Å². The van der Waals surface area contributed by atoms with E-state index < -0.39 is 6.04 Å². The lowest BCUT2D eigenvalue weighted by Crippen LogP contribution is -2.36. The molecule has 0 aromatic carbocycles. The first-order valence-corrected chi connectivity index (χ1v) is 6.30. The fraction of sp³-hybridized carbons (Fsp3) is 0.417. The van der Waals surface area contributed by atoms with Gasteiger partial charge in [0.2, 0.25) is 0 Å². The van der Waals surface area contributed by atoms with Crippen LogP contribution < -0.4 is 5.32 Å². The van der Waals surface area contributed by atoms with Crippen LogP contribution >= 0.6 is 23.7 Å². The van der Waals surface area contributed by atoms with E-state index in [0.717, 1.165) is 10.4 Å². The Kier molecular flexibility index (Phi) is 4.76. The smallest absolute Gasteiger partial charge is 0.198 e.